The number of halogens is 1. The standard InChI is InChI=1S/C15H21BrN2O3S2/c16-13-4-5-14(22-13)23(20,21)18-10-6-12(7-11-18)15(19)17-8-2-1-3-9-17/h4-5,12H,1-3,6-11H2. The van der Waals surface area contributed by atoms with E-state index in [1.807, 2.05) is 4.90 Å². The first kappa shape index (κ1) is 17.4. The summed E-state index contributed by atoms with van der Waals surface area (Å²) < 4.78 is 27.9. The summed E-state index contributed by atoms with van der Waals surface area (Å²) in [6, 6.07) is 3.39. The van der Waals surface area contributed by atoms with Gasteiger partial charge in [-0.2, -0.15) is 4.31 Å². The predicted octanol–water partition coefficient (Wildman–Crippen LogP) is 2.92. The van der Waals surface area contributed by atoms with Crippen molar-refractivity contribution in [3.05, 3.63) is 15.9 Å². The van der Waals surface area contributed by atoms with Crippen molar-refractivity contribution in [1.82, 2.24) is 9.21 Å². The van der Waals surface area contributed by atoms with Crippen LogP contribution < -0.4 is 0 Å². The van der Waals surface area contributed by atoms with Gasteiger partial charge in [-0.1, -0.05) is 0 Å². The molecule has 0 aromatic carbocycles. The molecule has 2 aliphatic heterocycles. The minimum Gasteiger partial charge on any atom is -0.342 e. The van der Waals surface area contributed by atoms with Crippen LogP contribution in [-0.4, -0.2) is 49.7 Å². The van der Waals surface area contributed by atoms with Gasteiger partial charge in [0.15, 0.2) is 0 Å². The summed E-state index contributed by atoms with van der Waals surface area (Å²) >= 11 is 4.54. The van der Waals surface area contributed by atoms with E-state index in [9.17, 15) is 13.2 Å². The smallest absolute Gasteiger partial charge is 0.252 e. The molecule has 3 rings (SSSR count). The molecule has 0 spiro atoms. The predicted molar refractivity (Wildman–Crippen MR) is 93.9 cm³/mol. The Bertz CT molecular complexity index is 660. The molecule has 5 nitrogen and oxygen atoms in total. The molecule has 2 aliphatic rings. The number of hydrogen-bond acceptors (Lipinski definition) is 4. The molecule has 0 atom stereocenters. The van der Waals surface area contributed by atoms with E-state index in [4.69, 9.17) is 0 Å². The number of rotatable bonds is 3. The van der Waals surface area contributed by atoms with E-state index in [1.165, 1.54) is 22.1 Å². The second kappa shape index (κ2) is 7.21. The molecule has 0 saturated carbocycles. The van der Waals surface area contributed by atoms with Crippen molar-refractivity contribution in [2.45, 2.75) is 36.3 Å². The quantitative estimate of drug-likeness (QED) is 0.754. The molecule has 0 unspecified atom stereocenters. The van der Waals surface area contributed by atoms with E-state index in [1.54, 1.807) is 12.1 Å². The summed E-state index contributed by atoms with van der Waals surface area (Å²) in [7, 11) is -3.42. The lowest BCUT2D eigenvalue weighted by atomic mass is 9.95. The van der Waals surface area contributed by atoms with E-state index in [0.29, 0.717) is 30.1 Å². The molecule has 23 heavy (non-hydrogen) atoms. The molecule has 3 heterocycles. The van der Waals surface area contributed by atoms with Crippen LogP contribution in [0.5, 0.6) is 0 Å². The first-order chi connectivity index (χ1) is 11.0. The Hall–Kier alpha value is -0.440. The lowest BCUT2D eigenvalue weighted by Gasteiger charge is -2.34. The van der Waals surface area contributed by atoms with Gasteiger partial charge in [0.2, 0.25) is 5.91 Å². The lowest BCUT2D eigenvalue weighted by Crippen LogP contribution is -2.45. The Kier molecular flexibility index (Phi) is 5.45. The zero-order chi connectivity index (χ0) is 16.4. The molecule has 1 aromatic rings. The second-order valence-corrected chi connectivity index (χ2v) is 10.8. The molecule has 0 N–H and O–H groups in total. The number of amides is 1. The van der Waals surface area contributed by atoms with Crippen LogP contribution in [0.15, 0.2) is 20.1 Å². The summed E-state index contributed by atoms with van der Waals surface area (Å²) in [6.07, 6.45) is 4.64. The summed E-state index contributed by atoms with van der Waals surface area (Å²) in [6.45, 7) is 2.59. The van der Waals surface area contributed by atoms with Gasteiger partial charge >= 0.3 is 0 Å². The van der Waals surface area contributed by atoms with Gasteiger partial charge in [-0.3, -0.25) is 4.79 Å². The van der Waals surface area contributed by atoms with Crippen molar-refractivity contribution >= 4 is 43.2 Å². The fourth-order valence-electron chi connectivity index (χ4n) is 3.28. The average molecular weight is 421 g/mol. The van der Waals surface area contributed by atoms with E-state index in [0.717, 1.165) is 29.7 Å². The van der Waals surface area contributed by atoms with E-state index < -0.39 is 10.0 Å². The zero-order valence-electron chi connectivity index (χ0n) is 12.9. The lowest BCUT2D eigenvalue weighted by molar-refractivity contribution is -0.137. The molecule has 1 amide bonds. The third-order valence-corrected chi connectivity index (χ3v) is 8.60. The second-order valence-electron chi connectivity index (χ2n) is 6.12. The average Bonchev–Trinajstić information content (AvgIpc) is 3.02. The molecule has 0 aliphatic carbocycles. The van der Waals surface area contributed by atoms with Crippen LogP contribution >= 0.6 is 27.3 Å². The van der Waals surface area contributed by atoms with Crippen LogP contribution in [0.4, 0.5) is 0 Å². The number of nitrogens with zero attached hydrogens (tertiary/aromatic N) is 2. The summed E-state index contributed by atoms with van der Waals surface area (Å²) in [4.78, 5) is 14.5. The number of carbonyl (C=O) groups excluding carboxylic acids is 1. The zero-order valence-corrected chi connectivity index (χ0v) is 16.1. The topological polar surface area (TPSA) is 57.7 Å². The Morgan fingerprint density at radius 3 is 2.30 bits per heavy atom. The SMILES string of the molecule is O=C(C1CCN(S(=O)(=O)c2ccc(Br)s2)CC1)N1CCCCC1. The van der Waals surface area contributed by atoms with Crippen LogP contribution in [0.25, 0.3) is 0 Å². The number of piperidine rings is 2. The number of likely N-dealkylation sites (tertiary alicyclic amines) is 1. The van der Waals surface area contributed by atoms with E-state index >= 15 is 0 Å². The van der Waals surface area contributed by atoms with Gasteiger partial charge in [-0.25, -0.2) is 8.42 Å². The summed E-state index contributed by atoms with van der Waals surface area (Å²) in [5.41, 5.74) is 0. The Morgan fingerprint density at radius 2 is 1.74 bits per heavy atom. The summed E-state index contributed by atoms with van der Waals surface area (Å²) in [5.74, 6) is 0.204. The normalized spacial score (nSPS) is 21.5. The van der Waals surface area contributed by atoms with Gasteiger partial charge in [0, 0.05) is 32.1 Å². The highest BCUT2D eigenvalue weighted by molar-refractivity contribution is 9.11. The monoisotopic (exact) mass is 420 g/mol. The highest BCUT2D eigenvalue weighted by Crippen LogP contribution is 2.31. The number of sulfonamides is 1. The Labute approximate surface area is 149 Å². The molecule has 0 radical (unpaired) electrons. The molecule has 128 valence electrons. The van der Waals surface area contributed by atoms with Crippen molar-refractivity contribution in [3.8, 4) is 0 Å². The van der Waals surface area contributed by atoms with Crippen LogP contribution in [0, 0.1) is 5.92 Å². The first-order valence-corrected chi connectivity index (χ1v) is 11.1. The Balaban J connectivity index is 1.60. The highest BCUT2D eigenvalue weighted by atomic mass is 79.9. The van der Waals surface area contributed by atoms with Crippen molar-refractivity contribution in [2.75, 3.05) is 26.2 Å². The van der Waals surface area contributed by atoms with Crippen molar-refractivity contribution < 1.29 is 13.2 Å². The molecule has 1 aromatic heterocycles. The van der Waals surface area contributed by atoms with Gasteiger partial charge in [0.05, 0.1) is 3.79 Å². The maximum atomic E-state index is 12.6. The van der Waals surface area contributed by atoms with Gasteiger partial charge in [0.1, 0.15) is 4.21 Å². The van der Waals surface area contributed by atoms with Crippen molar-refractivity contribution in [1.29, 1.82) is 0 Å². The molecular weight excluding hydrogens is 400 g/mol. The first-order valence-electron chi connectivity index (χ1n) is 8.03. The number of hydrogen-bond donors (Lipinski definition) is 0. The fourth-order valence-corrected chi connectivity index (χ4v) is 6.91. The van der Waals surface area contributed by atoms with E-state index in [-0.39, 0.29) is 11.8 Å². The third kappa shape index (κ3) is 3.81. The third-order valence-electron chi connectivity index (χ3n) is 4.61. The highest BCUT2D eigenvalue weighted by Gasteiger charge is 2.34. The maximum absolute atomic E-state index is 12.6. The van der Waals surface area contributed by atoms with Gasteiger partial charge in [-0.15, -0.1) is 11.3 Å². The molecular formula is C15H21BrN2O3S2. The molecule has 0 bridgehead atoms. The van der Waals surface area contributed by atoms with Gasteiger partial charge in [-0.05, 0) is 60.2 Å². The van der Waals surface area contributed by atoms with Crippen LogP contribution in [0.3, 0.4) is 0 Å². The Morgan fingerprint density at radius 1 is 1.09 bits per heavy atom. The van der Waals surface area contributed by atoms with Crippen LogP contribution in [-0.2, 0) is 14.8 Å². The van der Waals surface area contributed by atoms with Gasteiger partial charge in [0.25, 0.3) is 10.0 Å². The number of carbonyl (C=O) groups is 1. The minimum absolute atomic E-state index is 0.0189. The van der Waals surface area contributed by atoms with Crippen LogP contribution in [0.1, 0.15) is 32.1 Å². The number of thiophene rings is 1. The molecule has 2 saturated heterocycles. The van der Waals surface area contributed by atoms with Crippen LogP contribution in [0.2, 0.25) is 0 Å². The molecule has 8 heteroatoms. The maximum Gasteiger partial charge on any atom is 0.252 e. The van der Waals surface area contributed by atoms with Gasteiger partial charge < -0.3 is 4.90 Å². The molecule has 2 fully saturated rings. The summed E-state index contributed by atoms with van der Waals surface area (Å²) in [5, 5.41) is 0. The fraction of sp³-hybridized carbons (Fsp3) is 0.667. The van der Waals surface area contributed by atoms with Crippen molar-refractivity contribution in [2.24, 2.45) is 5.92 Å². The minimum atomic E-state index is -3.42. The van der Waals surface area contributed by atoms with Crippen molar-refractivity contribution in [3.63, 3.8) is 0 Å². The van der Waals surface area contributed by atoms with E-state index in [2.05, 4.69) is 15.9 Å². The largest absolute Gasteiger partial charge is 0.342 e.